The highest BCUT2D eigenvalue weighted by Gasteiger charge is 2.35. The van der Waals surface area contributed by atoms with Crippen molar-refractivity contribution in [1.82, 2.24) is 33.2 Å². The van der Waals surface area contributed by atoms with Gasteiger partial charge in [-0.15, -0.1) is 0 Å². The minimum absolute atomic E-state index is 0.0680. The first-order chi connectivity index (χ1) is 18.4. The van der Waals surface area contributed by atoms with E-state index in [1.54, 1.807) is 28.3 Å². The number of hydrogen-bond acceptors (Lipinski definition) is 7. The van der Waals surface area contributed by atoms with Crippen molar-refractivity contribution < 1.29 is 18.3 Å². The van der Waals surface area contributed by atoms with Crippen LogP contribution < -0.4 is 11.0 Å². The second kappa shape index (κ2) is 11.6. The van der Waals surface area contributed by atoms with Crippen LogP contribution in [-0.4, -0.2) is 92.3 Å². The van der Waals surface area contributed by atoms with Gasteiger partial charge >= 0.3 is 11.7 Å². The molecule has 2 aromatic heterocycles. The van der Waals surface area contributed by atoms with Crippen LogP contribution >= 0.6 is 0 Å². The van der Waals surface area contributed by atoms with E-state index in [9.17, 15) is 23.1 Å². The van der Waals surface area contributed by atoms with E-state index in [0.29, 0.717) is 24.0 Å². The number of aromatic nitrogens is 4. The van der Waals surface area contributed by atoms with Crippen molar-refractivity contribution in [2.24, 2.45) is 7.05 Å². The summed E-state index contributed by atoms with van der Waals surface area (Å²) in [5.41, 5.74) is 0.884. The molecule has 2 N–H and O–H groups in total. The molecule has 1 aliphatic rings. The summed E-state index contributed by atoms with van der Waals surface area (Å²) in [7, 11) is -0.706. The number of aliphatic hydroxyl groups excluding tert-OH is 1. The minimum Gasteiger partial charge on any atom is -0.390 e. The van der Waals surface area contributed by atoms with Crippen molar-refractivity contribution in [2.75, 3.05) is 26.7 Å². The fourth-order valence-electron chi connectivity index (χ4n) is 5.46. The molecule has 4 rings (SSSR count). The number of para-hydroxylation sites is 2. The van der Waals surface area contributed by atoms with E-state index >= 15 is 0 Å². The van der Waals surface area contributed by atoms with Gasteiger partial charge in [-0.3, -0.25) is 9.47 Å². The van der Waals surface area contributed by atoms with Crippen molar-refractivity contribution in [3.05, 3.63) is 47.3 Å². The lowest BCUT2D eigenvalue weighted by Crippen LogP contribution is -2.45. The standard InChI is InChI=1S/C26H39N7O5S/c1-6-9-20-12-19(28-25(35)33-23-11-8-7-10-22(23)32(18(2)3)26(33)36)13-31(20)15-21(34)14-30(5)39(37,38)24-16-29(4)17-27-24/h7-8,10-11,16-21,34H,6,9,12-15H2,1-5H3,(H,28,35)/t19?,20?,21-/m0/s1. The topological polar surface area (TPSA) is 135 Å². The van der Waals surface area contributed by atoms with Crippen LogP contribution in [0, 0.1) is 0 Å². The molecule has 1 amide bonds. The average Bonchev–Trinajstić information content (AvgIpc) is 3.54. The number of carbonyl (C=O) groups excluding carboxylic acids is 1. The molecule has 1 aromatic carbocycles. The molecule has 0 spiro atoms. The maximum Gasteiger partial charge on any atom is 0.337 e. The van der Waals surface area contributed by atoms with Gasteiger partial charge in [-0.1, -0.05) is 25.5 Å². The maximum absolute atomic E-state index is 13.3. The fourth-order valence-corrected chi connectivity index (χ4v) is 6.62. The monoisotopic (exact) mass is 561 g/mol. The van der Waals surface area contributed by atoms with Gasteiger partial charge in [0.1, 0.15) is 0 Å². The highest BCUT2D eigenvalue weighted by Crippen LogP contribution is 2.23. The zero-order valence-electron chi connectivity index (χ0n) is 23.2. The Balaban J connectivity index is 1.44. The van der Waals surface area contributed by atoms with Gasteiger partial charge in [0.2, 0.25) is 0 Å². The third-order valence-electron chi connectivity index (χ3n) is 7.25. The first-order valence-electron chi connectivity index (χ1n) is 13.3. The van der Waals surface area contributed by atoms with Gasteiger partial charge in [0.05, 0.1) is 23.5 Å². The van der Waals surface area contributed by atoms with E-state index in [1.807, 2.05) is 26.0 Å². The largest absolute Gasteiger partial charge is 0.390 e. The molecule has 2 unspecified atom stereocenters. The van der Waals surface area contributed by atoms with Gasteiger partial charge in [-0.05, 0) is 38.8 Å². The van der Waals surface area contributed by atoms with Crippen molar-refractivity contribution >= 4 is 27.1 Å². The number of nitrogens with one attached hydrogen (secondary N) is 1. The Labute approximate surface area is 228 Å². The van der Waals surface area contributed by atoms with Crippen LogP contribution in [0.25, 0.3) is 11.0 Å². The number of hydrogen-bond donors (Lipinski definition) is 2. The summed E-state index contributed by atoms with van der Waals surface area (Å²) in [6, 6.07) is 6.57. The highest BCUT2D eigenvalue weighted by atomic mass is 32.2. The van der Waals surface area contributed by atoms with Crippen LogP contribution in [0.3, 0.4) is 0 Å². The van der Waals surface area contributed by atoms with Gasteiger partial charge in [0, 0.05) is 58.1 Å². The average molecular weight is 562 g/mol. The van der Waals surface area contributed by atoms with Crippen molar-refractivity contribution in [3.8, 4) is 0 Å². The molecule has 0 bridgehead atoms. The molecule has 3 atom stereocenters. The summed E-state index contributed by atoms with van der Waals surface area (Å²) in [6.45, 7) is 6.55. The summed E-state index contributed by atoms with van der Waals surface area (Å²) in [5.74, 6) is 0. The second-order valence-electron chi connectivity index (χ2n) is 10.7. The number of likely N-dealkylation sites (N-methyl/N-ethyl adjacent to an activating group) is 1. The molecule has 1 aliphatic heterocycles. The molecular formula is C26H39N7O5S. The lowest BCUT2D eigenvalue weighted by molar-refractivity contribution is 0.0904. The molecule has 12 nitrogen and oxygen atoms in total. The molecule has 214 valence electrons. The number of fused-ring (bicyclic) bond motifs is 1. The molecule has 3 heterocycles. The van der Waals surface area contributed by atoms with Gasteiger partial charge in [0.15, 0.2) is 5.03 Å². The first-order valence-corrected chi connectivity index (χ1v) is 14.8. The third-order valence-corrected chi connectivity index (χ3v) is 8.95. The molecule has 13 heteroatoms. The molecule has 1 fully saturated rings. The van der Waals surface area contributed by atoms with Crippen molar-refractivity contribution in [1.29, 1.82) is 0 Å². The van der Waals surface area contributed by atoms with Gasteiger partial charge in [-0.25, -0.2) is 27.6 Å². The van der Waals surface area contributed by atoms with Crippen LogP contribution in [0.5, 0.6) is 0 Å². The summed E-state index contributed by atoms with van der Waals surface area (Å²) >= 11 is 0. The van der Waals surface area contributed by atoms with Gasteiger partial charge in [-0.2, -0.15) is 4.31 Å². The SMILES string of the molecule is CCCC1CC(NC(=O)n2c(=O)n(C(C)C)c3ccccc32)CN1C[C@@H](O)CN(C)S(=O)(=O)c1cn(C)cn1. The van der Waals surface area contributed by atoms with Crippen molar-refractivity contribution in [3.63, 3.8) is 0 Å². The summed E-state index contributed by atoms with van der Waals surface area (Å²) in [6.07, 6.45) is 4.37. The lowest BCUT2D eigenvalue weighted by Gasteiger charge is -2.28. The van der Waals surface area contributed by atoms with E-state index < -0.39 is 22.2 Å². The zero-order valence-corrected chi connectivity index (χ0v) is 24.0. The highest BCUT2D eigenvalue weighted by molar-refractivity contribution is 7.89. The number of aryl methyl sites for hydroxylation is 1. The molecular weight excluding hydrogens is 522 g/mol. The quantitative estimate of drug-likeness (QED) is 0.384. The lowest BCUT2D eigenvalue weighted by atomic mass is 10.1. The van der Waals surface area contributed by atoms with E-state index in [4.69, 9.17) is 0 Å². The second-order valence-corrected chi connectivity index (χ2v) is 12.7. The van der Waals surface area contributed by atoms with Crippen LogP contribution in [0.15, 0.2) is 46.6 Å². The van der Waals surface area contributed by atoms with Crippen LogP contribution in [-0.2, 0) is 17.1 Å². The van der Waals surface area contributed by atoms with E-state index in [0.717, 1.165) is 17.1 Å². The number of nitrogens with zero attached hydrogens (tertiary/aromatic N) is 6. The number of sulfonamides is 1. The maximum atomic E-state index is 13.3. The molecule has 0 saturated carbocycles. The first kappa shape index (κ1) is 29.0. The summed E-state index contributed by atoms with van der Waals surface area (Å²) < 4.78 is 31.1. The molecule has 1 saturated heterocycles. The van der Waals surface area contributed by atoms with Gasteiger partial charge in [0.25, 0.3) is 10.0 Å². The zero-order chi connectivity index (χ0) is 28.5. The number of benzene rings is 1. The summed E-state index contributed by atoms with van der Waals surface area (Å²) in [4.78, 5) is 32.5. The number of rotatable bonds is 10. The van der Waals surface area contributed by atoms with E-state index in [1.165, 1.54) is 24.1 Å². The number of amides is 1. The molecule has 0 radical (unpaired) electrons. The minimum atomic E-state index is -3.82. The Kier molecular flexibility index (Phi) is 8.64. The Morgan fingerprint density at radius 2 is 1.95 bits per heavy atom. The molecule has 39 heavy (non-hydrogen) atoms. The fraction of sp³-hybridized carbons (Fsp3) is 0.577. The number of imidazole rings is 2. The molecule has 3 aromatic rings. The van der Waals surface area contributed by atoms with Crippen LogP contribution in [0.2, 0.25) is 0 Å². The summed E-state index contributed by atoms with van der Waals surface area (Å²) in [5, 5.41) is 13.8. The normalized spacial score (nSPS) is 19.4. The van der Waals surface area contributed by atoms with E-state index in [-0.39, 0.29) is 41.9 Å². The smallest absolute Gasteiger partial charge is 0.337 e. The Bertz CT molecular complexity index is 1480. The third kappa shape index (κ3) is 5.96. The van der Waals surface area contributed by atoms with Crippen LogP contribution in [0.4, 0.5) is 4.79 Å². The number of aliphatic hydroxyl groups is 1. The Morgan fingerprint density at radius 1 is 1.26 bits per heavy atom. The van der Waals surface area contributed by atoms with Gasteiger partial charge < -0.3 is 15.0 Å². The predicted molar refractivity (Wildman–Crippen MR) is 148 cm³/mol. The number of likely N-dealkylation sites (tertiary alicyclic amines) is 1. The van der Waals surface area contributed by atoms with E-state index in [2.05, 4.69) is 22.1 Å². The number of carbonyl (C=O) groups is 1. The number of β-amino-alcohol motifs (C(OH)–C–C–N with tert-alkyl or cyclic N) is 1. The Hall–Kier alpha value is -3.00. The molecule has 0 aliphatic carbocycles. The Morgan fingerprint density at radius 3 is 2.56 bits per heavy atom. The van der Waals surface area contributed by atoms with Crippen LogP contribution in [0.1, 0.15) is 46.1 Å². The van der Waals surface area contributed by atoms with Crippen molar-refractivity contribution in [2.45, 2.75) is 69.3 Å². The predicted octanol–water partition coefficient (Wildman–Crippen LogP) is 1.60.